The summed E-state index contributed by atoms with van der Waals surface area (Å²) >= 11 is 4.87. The zero-order chi connectivity index (χ0) is 11.8. The molecule has 2 amide bonds. The SMILES string of the molecule is CCC(=O)N[C@@H](CCC(N)=O)C(=O)OCl. The van der Waals surface area contributed by atoms with E-state index in [1.54, 1.807) is 6.92 Å². The van der Waals surface area contributed by atoms with E-state index in [9.17, 15) is 14.4 Å². The van der Waals surface area contributed by atoms with Crippen molar-refractivity contribution in [3.63, 3.8) is 0 Å². The second-order valence-electron chi connectivity index (χ2n) is 2.87. The average Bonchev–Trinajstić information content (AvgIpc) is 2.22. The summed E-state index contributed by atoms with van der Waals surface area (Å²) in [6, 6.07) is -0.928. The largest absolute Gasteiger partial charge is 0.370 e. The quantitative estimate of drug-likeness (QED) is 0.670. The van der Waals surface area contributed by atoms with Gasteiger partial charge in [-0.25, -0.2) is 4.79 Å². The van der Waals surface area contributed by atoms with Crippen LogP contribution < -0.4 is 11.1 Å². The molecular weight excluding hydrogens is 224 g/mol. The van der Waals surface area contributed by atoms with Crippen LogP contribution in [0.3, 0.4) is 0 Å². The molecule has 0 saturated heterocycles. The summed E-state index contributed by atoms with van der Waals surface area (Å²) in [6.07, 6.45) is 0.274. The van der Waals surface area contributed by atoms with Crippen LogP contribution in [-0.2, 0) is 18.7 Å². The standard InChI is InChI=1S/C8H13ClN2O4/c1-2-7(13)11-5(8(14)15-9)3-4-6(10)12/h5H,2-4H2,1H3,(H2,10,12)(H,11,13)/t5-/m0/s1. The highest BCUT2D eigenvalue weighted by Crippen LogP contribution is 2.01. The van der Waals surface area contributed by atoms with Crippen LogP contribution in [0.25, 0.3) is 0 Å². The molecule has 0 aliphatic rings. The first-order valence-corrected chi connectivity index (χ1v) is 4.72. The third-order valence-corrected chi connectivity index (χ3v) is 1.85. The minimum Gasteiger partial charge on any atom is -0.370 e. The Morgan fingerprint density at radius 2 is 2.07 bits per heavy atom. The number of hydrogen-bond donors (Lipinski definition) is 2. The van der Waals surface area contributed by atoms with E-state index in [0.29, 0.717) is 0 Å². The van der Waals surface area contributed by atoms with Gasteiger partial charge in [-0.05, 0) is 6.42 Å². The first-order chi connectivity index (χ1) is 7.01. The molecule has 7 heteroatoms. The van der Waals surface area contributed by atoms with E-state index in [1.807, 2.05) is 0 Å². The maximum absolute atomic E-state index is 11.1. The topological polar surface area (TPSA) is 98.5 Å². The van der Waals surface area contributed by atoms with Crippen molar-refractivity contribution in [2.75, 3.05) is 0 Å². The molecule has 0 unspecified atom stereocenters. The van der Waals surface area contributed by atoms with Crippen LogP contribution in [0, 0.1) is 0 Å². The summed E-state index contributed by atoms with van der Waals surface area (Å²) in [6.45, 7) is 1.63. The van der Waals surface area contributed by atoms with Gasteiger partial charge in [0.15, 0.2) is 0 Å². The van der Waals surface area contributed by atoms with Crippen LogP contribution in [-0.4, -0.2) is 23.8 Å². The second kappa shape index (κ2) is 7.05. The predicted molar refractivity (Wildman–Crippen MR) is 52.6 cm³/mol. The van der Waals surface area contributed by atoms with Gasteiger partial charge in [0.1, 0.15) is 17.9 Å². The minimum absolute atomic E-state index is 0.0271. The Bertz CT molecular complexity index is 257. The number of primary amides is 1. The zero-order valence-corrected chi connectivity index (χ0v) is 9.04. The van der Waals surface area contributed by atoms with Gasteiger partial charge in [-0.1, -0.05) is 6.92 Å². The smallest absolute Gasteiger partial charge is 0.346 e. The Morgan fingerprint density at radius 3 is 2.47 bits per heavy atom. The molecule has 0 radical (unpaired) electrons. The summed E-state index contributed by atoms with van der Waals surface area (Å²) in [5.41, 5.74) is 4.91. The van der Waals surface area contributed by atoms with Crippen molar-refractivity contribution in [1.29, 1.82) is 0 Å². The number of rotatable bonds is 6. The van der Waals surface area contributed by atoms with Crippen LogP contribution >= 0.6 is 11.9 Å². The first kappa shape index (κ1) is 13.7. The number of hydrogen-bond acceptors (Lipinski definition) is 4. The van der Waals surface area contributed by atoms with Crippen molar-refractivity contribution in [3.05, 3.63) is 0 Å². The molecule has 6 nitrogen and oxygen atoms in total. The molecule has 0 aromatic rings. The first-order valence-electron chi connectivity index (χ1n) is 4.41. The molecule has 86 valence electrons. The molecule has 0 rings (SSSR count). The van der Waals surface area contributed by atoms with Crippen molar-refractivity contribution >= 4 is 29.6 Å². The van der Waals surface area contributed by atoms with Gasteiger partial charge in [-0.15, -0.1) is 0 Å². The molecule has 1 atom stereocenters. The second-order valence-corrected chi connectivity index (χ2v) is 3.03. The van der Waals surface area contributed by atoms with E-state index in [1.165, 1.54) is 0 Å². The lowest BCUT2D eigenvalue weighted by atomic mass is 10.1. The minimum atomic E-state index is -0.928. The van der Waals surface area contributed by atoms with Crippen LogP contribution in [0.5, 0.6) is 0 Å². The van der Waals surface area contributed by atoms with Gasteiger partial charge < -0.3 is 15.3 Å². The van der Waals surface area contributed by atoms with Gasteiger partial charge in [-0.3, -0.25) is 9.59 Å². The number of carbonyl (C=O) groups is 3. The fourth-order valence-corrected chi connectivity index (χ4v) is 0.993. The Hall–Kier alpha value is -1.30. The molecule has 0 bridgehead atoms. The Labute approximate surface area is 92.3 Å². The Balaban J connectivity index is 4.24. The van der Waals surface area contributed by atoms with Crippen molar-refractivity contribution in [3.8, 4) is 0 Å². The highest BCUT2D eigenvalue weighted by molar-refractivity contribution is 6.14. The van der Waals surface area contributed by atoms with Crippen molar-refractivity contribution in [2.24, 2.45) is 5.73 Å². The molecule has 0 aromatic heterocycles. The molecule has 15 heavy (non-hydrogen) atoms. The average molecular weight is 237 g/mol. The number of amides is 2. The highest BCUT2D eigenvalue weighted by Gasteiger charge is 2.22. The Kier molecular flexibility index (Phi) is 6.44. The molecule has 0 aliphatic heterocycles. The normalized spacial score (nSPS) is 11.6. The van der Waals surface area contributed by atoms with Gasteiger partial charge in [0.05, 0.1) is 0 Å². The molecule has 0 fully saturated rings. The molecule has 0 aliphatic carbocycles. The van der Waals surface area contributed by atoms with E-state index >= 15 is 0 Å². The monoisotopic (exact) mass is 236 g/mol. The zero-order valence-electron chi connectivity index (χ0n) is 8.29. The van der Waals surface area contributed by atoms with Gasteiger partial charge >= 0.3 is 5.97 Å². The van der Waals surface area contributed by atoms with Crippen LogP contribution in [0.1, 0.15) is 26.2 Å². The third kappa shape index (κ3) is 5.90. The van der Waals surface area contributed by atoms with Crippen LogP contribution in [0.15, 0.2) is 0 Å². The van der Waals surface area contributed by atoms with Crippen molar-refractivity contribution in [2.45, 2.75) is 32.2 Å². The van der Waals surface area contributed by atoms with Crippen molar-refractivity contribution in [1.82, 2.24) is 5.32 Å². The summed E-state index contributed by atoms with van der Waals surface area (Å²) in [5.74, 6) is -1.70. The van der Waals surface area contributed by atoms with Crippen molar-refractivity contribution < 1.29 is 18.7 Å². The fraction of sp³-hybridized carbons (Fsp3) is 0.625. The summed E-state index contributed by atoms with van der Waals surface area (Å²) in [7, 11) is 0. The van der Waals surface area contributed by atoms with Gasteiger partial charge in [0.25, 0.3) is 0 Å². The lowest BCUT2D eigenvalue weighted by molar-refractivity contribution is -0.139. The lowest BCUT2D eigenvalue weighted by Crippen LogP contribution is -2.41. The molecule has 0 saturated carbocycles. The Morgan fingerprint density at radius 1 is 1.47 bits per heavy atom. The number of nitrogens with one attached hydrogen (secondary N) is 1. The number of carbonyl (C=O) groups excluding carboxylic acids is 3. The van der Waals surface area contributed by atoms with E-state index in [2.05, 4.69) is 9.61 Å². The summed E-state index contributed by atoms with van der Waals surface area (Å²) in [5, 5.41) is 2.37. The highest BCUT2D eigenvalue weighted by atomic mass is 35.5. The van der Waals surface area contributed by atoms with Crippen LogP contribution in [0.2, 0.25) is 0 Å². The maximum Gasteiger partial charge on any atom is 0.346 e. The number of halogens is 1. The lowest BCUT2D eigenvalue weighted by Gasteiger charge is -2.13. The van der Waals surface area contributed by atoms with Gasteiger partial charge in [0.2, 0.25) is 11.8 Å². The van der Waals surface area contributed by atoms with E-state index in [-0.39, 0.29) is 25.2 Å². The van der Waals surface area contributed by atoms with E-state index < -0.39 is 17.9 Å². The summed E-state index contributed by atoms with van der Waals surface area (Å²) in [4.78, 5) is 32.6. The predicted octanol–water partition coefficient (Wildman–Crippen LogP) is -0.156. The molecule has 0 aromatic carbocycles. The van der Waals surface area contributed by atoms with E-state index in [4.69, 9.17) is 17.6 Å². The van der Waals surface area contributed by atoms with E-state index in [0.717, 1.165) is 0 Å². The maximum atomic E-state index is 11.1. The fourth-order valence-electron chi connectivity index (χ4n) is 0.886. The molecule has 0 heterocycles. The number of nitrogens with two attached hydrogens (primary N) is 1. The third-order valence-electron chi connectivity index (χ3n) is 1.70. The molecule has 0 spiro atoms. The van der Waals surface area contributed by atoms with Gasteiger partial charge in [0, 0.05) is 12.8 Å². The van der Waals surface area contributed by atoms with Gasteiger partial charge in [-0.2, -0.15) is 0 Å². The summed E-state index contributed by atoms with van der Waals surface area (Å²) < 4.78 is 3.96. The molecular formula is C8H13ClN2O4. The van der Waals surface area contributed by atoms with Crippen LogP contribution in [0.4, 0.5) is 0 Å². The molecule has 3 N–H and O–H groups in total.